The number of ketones is 1. The highest BCUT2D eigenvalue weighted by atomic mass is 35.5. The molecular weight excluding hydrogens is 279 g/mol. The molecule has 0 bridgehead atoms. The van der Waals surface area contributed by atoms with Gasteiger partial charge in [-0.1, -0.05) is 43.4 Å². The fraction of sp³-hybridized carbons (Fsp3) is 0.562. The number of Topliss-reactive ketones (excluding diaryl/α,β-unsaturated/α-hetero) is 1. The first-order valence-electron chi connectivity index (χ1n) is 7.10. The van der Waals surface area contributed by atoms with Crippen molar-refractivity contribution in [2.24, 2.45) is 0 Å². The van der Waals surface area contributed by atoms with Crippen LogP contribution in [0.25, 0.3) is 0 Å². The summed E-state index contributed by atoms with van der Waals surface area (Å²) in [7, 11) is 1.58. The second kappa shape index (κ2) is 6.68. The molecule has 0 spiro atoms. The van der Waals surface area contributed by atoms with E-state index in [1.165, 1.54) is 6.07 Å². The lowest BCUT2D eigenvalue weighted by Crippen LogP contribution is -2.41. The van der Waals surface area contributed by atoms with Gasteiger partial charge in [0.2, 0.25) is 0 Å². The molecule has 2 rings (SSSR count). The van der Waals surface area contributed by atoms with Crippen molar-refractivity contribution in [3.8, 4) is 0 Å². The average molecular weight is 299 g/mol. The number of hydrogen-bond acceptors (Lipinski definition) is 2. The van der Waals surface area contributed by atoms with E-state index < -0.39 is 11.4 Å². The summed E-state index contributed by atoms with van der Waals surface area (Å²) in [4.78, 5) is 12.6. The van der Waals surface area contributed by atoms with Crippen LogP contribution in [0.3, 0.4) is 0 Å². The van der Waals surface area contributed by atoms with E-state index in [1.54, 1.807) is 19.2 Å². The summed E-state index contributed by atoms with van der Waals surface area (Å²) < 4.78 is 19.4. The molecule has 1 saturated carbocycles. The number of benzene rings is 1. The molecule has 4 heteroatoms. The molecule has 1 aliphatic carbocycles. The number of methoxy groups -OCH3 is 1. The molecule has 0 N–H and O–H groups in total. The Morgan fingerprint density at radius 3 is 2.50 bits per heavy atom. The van der Waals surface area contributed by atoms with Gasteiger partial charge in [-0.2, -0.15) is 0 Å². The van der Waals surface area contributed by atoms with Crippen LogP contribution in [0.2, 0.25) is 5.02 Å². The number of carbonyl (C=O) groups excluding carboxylic acids is 1. The van der Waals surface area contributed by atoms with E-state index in [0.29, 0.717) is 10.6 Å². The molecule has 0 aliphatic heterocycles. The van der Waals surface area contributed by atoms with Crippen LogP contribution in [0.1, 0.15) is 44.1 Å². The lowest BCUT2D eigenvalue weighted by molar-refractivity contribution is -0.142. The molecule has 20 heavy (non-hydrogen) atoms. The number of hydrogen-bond donors (Lipinski definition) is 0. The highest BCUT2D eigenvalue weighted by Crippen LogP contribution is 2.32. The van der Waals surface area contributed by atoms with E-state index in [4.69, 9.17) is 16.3 Å². The van der Waals surface area contributed by atoms with Crippen molar-refractivity contribution < 1.29 is 13.9 Å². The van der Waals surface area contributed by atoms with Crippen LogP contribution in [0.15, 0.2) is 18.2 Å². The lowest BCUT2D eigenvalue weighted by atomic mass is 9.86. The third-order valence-corrected chi connectivity index (χ3v) is 4.41. The number of ether oxygens (including phenoxy) is 1. The third-order valence-electron chi connectivity index (χ3n) is 4.18. The Balaban J connectivity index is 2.16. The summed E-state index contributed by atoms with van der Waals surface area (Å²) in [6, 6.07) is 4.44. The molecule has 1 fully saturated rings. The molecular formula is C16H20ClFO2. The van der Waals surface area contributed by atoms with Crippen molar-refractivity contribution in [3.63, 3.8) is 0 Å². The van der Waals surface area contributed by atoms with Crippen molar-refractivity contribution in [3.05, 3.63) is 34.6 Å². The Morgan fingerprint density at radius 2 is 1.95 bits per heavy atom. The highest BCUT2D eigenvalue weighted by Gasteiger charge is 2.38. The summed E-state index contributed by atoms with van der Waals surface area (Å²) in [5.41, 5.74) is -0.345. The summed E-state index contributed by atoms with van der Waals surface area (Å²) in [6.45, 7) is 0. The molecule has 1 aromatic rings. The lowest BCUT2D eigenvalue weighted by Gasteiger charge is -2.29. The van der Waals surface area contributed by atoms with Crippen LogP contribution in [-0.4, -0.2) is 18.5 Å². The SMILES string of the molecule is COC1(C(=O)Cc2ccc(Cl)cc2F)CCCCCC1. The Labute approximate surface area is 124 Å². The van der Waals surface area contributed by atoms with E-state index in [-0.39, 0.29) is 12.2 Å². The van der Waals surface area contributed by atoms with Crippen molar-refractivity contribution in [1.82, 2.24) is 0 Å². The normalized spacial score (nSPS) is 18.6. The molecule has 0 unspecified atom stereocenters. The van der Waals surface area contributed by atoms with Crippen molar-refractivity contribution >= 4 is 17.4 Å². The zero-order valence-electron chi connectivity index (χ0n) is 11.8. The maximum absolute atomic E-state index is 13.8. The summed E-state index contributed by atoms with van der Waals surface area (Å²) in [5.74, 6) is -0.450. The van der Waals surface area contributed by atoms with Gasteiger partial charge < -0.3 is 4.74 Å². The number of carbonyl (C=O) groups is 1. The second-order valence-electron chi connectivity index (χ2n) is 5.45. The highest BCUT2D eigenvalue weighted by molar-refractivity contribution is 6.30. The van der Waals surface area contributed by atoms with Gasteiger partial charge >= 0.3 is 0 Å². The van der Waals surface area contributed by atoms with E-state index in [1.807, 2.05) is 0 Å². The monoisotopic (exact) mass is 298 g/mol. The van der Waals surface area contributed by atoms with Crippen molar-refractivity contribution in [2.75, 3.05) is 7.11 Å². The molecule has 0 amide bonds. The molecule has 0 atom stereocenters. The van der Waals surface area contributed by atoms with E-state index in [2.05, 4.69) is 0 Å². The van der Waals surface area contributed by atoms with Crippen LogP contribution < -0.4 is 0 Å². The van der Waals surface area contributed by atoms with Crippen LogP contribution in [0, 0.1) is 5.82 Å². The molecule has 1 aliphatic rings. The van der Waals surface area contributed by atoms with Crippen molar-refractivity contribution in [2.45, 2.75) is 50.5 Å². The van der Waals surface area contributed by atoms with Crippen LogP contribution in [0.4, 0.5) is 4.39 Å². The van der Waals surface area contributed by atoms with Crippen LogP contribution >= 0.6 is 11.6 Å². The first-order chi connectivity index (χ1) is 9.57. The molecule has 2 nitrogen and oxygen atoms in total. The molecule has 0 aromatic heterocycles. The molecule has 0 radical (unpaired) electrons. The minimum absolute atomic E-state index is 0.0249. The molecule has 1 aromatic carbocycles. The predicted octanol–water partition coefficient (Wildman–Crippen LogP) is 4.33. The molecule has 110 valence electrons. The first-order valence-corrected chi connectivity index (χ1v) is 7.47. The minimum Gasteiger partial charge on any atom is -0.370 e. The van der Waals surface area contributed by atoms with Gasteiger partial charge in [-0.3, -0.25) is 4.79 Å². The largest absolute Gasteiger partial charge is 0.370 e. The van der Waals surface area contributed by atoms with E-state index >= 15 is 0 Å². The summed E-state index contributed by atoms with van der Waals surface area (Å²) in [6.07, 6.45) is 5.78. The average Bonchev–Trinajstić information content (AvgIpc) is 2.68. The van der Waals surface area contributed by atoms with Gasteiger partial charge in [0, 0.05) is 18.6 Å². The van der Waals surface area contributed by atoms with Crippen LogP contribution in [-0.2, 0) is 16.0 Å². The number of rotatable bonds is 4. The maximum atomic E-state index is 13.8. The van der Waals surface area contributed by atoms with Gasteiger partial charge in [0.25, 0.3) is 0 Å². The Bertz CT molecular complexity index is 479. The van der Waals surface area contributed by atoms with E-state index in [0.717, 1.165) is 38.5 Å². The van der Waals surface area contributed by atoms with Gasteiger partial charge in [0.1, 0.15) is 11.4 Å². The maximum Gasteiger partial charge on any atom is 0.169 e. The standard InChI is InChI=1S/C16H20ClFO2/c1-20-16(8-4-2-3-5-9-16)15(19)10-12-6-7-13(17)11-14(12)18/h6-7,11H,2-5,8-10H2,1H3. The van der Waals surface area contributed by atoms with Gasteiger partial charge in [0.15, 0.2) is 5.78 Å². The summed E-state index contributed by atoms with van der Waals surface area (Å²) in [5, 5.41) is 0.342. The van der Waals surface area contributed by atoms with Gasteiger partial charge in [-0.25, -0.2) is 4.39 Å². The molecule has 0 heterocycles. The first kappa shape index (κ1) is 15.5. The zero-order chi connectivity index (χ0) is 14.6. The topological polar surface area (TPSA) is 26.3 Å². The Hall–Kier alpha value is -0.930. The fourth-order valence-corrected chi connectivity index (χ4v) is 3.05. The Morgan fingerprint density at radius 1 is 1.30 bits per heavy atom. The third kappa shape index (κ3) is 3.39. The molecule has 0 saturated heterocycles. The van der Waals surface area contributed by atoms with Crippen LogP contribution in [0.5, 0.6) is 0 Å². The second-order valence-corrected chi connectivity index (χ2v) is 5.88. The predicted molar refractivity (Wildman–Crippen MR) is 77.6 cm³/mol. The number of halogens is 2. The zero-order valence-corrected chi connectivity index (χ0v) is 12.5. The quantitative estimate of drug-likeness (QED) is 0.773. The van der Waals surface area contributed by atoms with Gasteiger partial charge in [-0.05, 0) is 30.5 Å². The Kier molecular flexibility index (Phi) is 5.17. The van der Waals surface area contributed by atoms with Gasteiger partial charge in [-0.15, -0.1) is 0 Å². The van der Waals surface area contributed by atoms with E-state index in [9.17, 15) is 9.18 Å². The minimum atomic E-state index is -0.734. The smallest absolute Gasteiger partial charge is 0.169 e. The summed E-state index contributed by atoms with van der Waals surface area (Å²) >= 11 is 5.73. The fourth-order valence-electron chi connectivity index (χ4n) is 2.90. The van der Waals surface area contributed by atoms with Crippen molar-refractivity contribution in [1.29, 1.82) is 0 Å². The van der Waals surface area contributed by atoms with Gasteiger partial charge in [0.05, 0.1) is 0 Å².